The number of terminal acetylenes is 1. The van der Waals surface area contributed by atoms with Crippen LogP contribution in [0.25, 0.3) is 10.8 Å². The van der Waals surface area contributed by atoms with Gasteiger partial charge in [0.15, 0.2) is 0 Å². The second kappa shape index (κ2) is 6.40. The van der Waals surface area contributed by atoms with Crippen LogP contribution in [-0.4, -0.2) is 16.9 Å². The van der Waals surface area contributed by atoms with Gasteiger partial charge in [-0.15, -0.1) is 12.3 Å². The van der Waals surface area contributed by atoms with Crippen LogP contribution in [0.2, 0.25) is 5.15 Å². The second-order valence-corrected chi connectivity index (χ2v) is 4.85. The van der Waals surface area contributed by atoms with Crippen LogP contribution in [0.15, 0.2) is 30.5 Å². The van der Waals surface area contributed by atoms with E-state index in [0.29, 0.717) is 17.1 Å². The lowest BCUT2D eigenvalue weighted by molar-refractivity contribution is 0.0938. The molecule has 0 fully saturated rings. The Labute approximate surface area is 123 Å². The molecule has 102 valence electrons. The average Bonchev–Trinajstić information content (AvgIpc) is 2.47. The molecule has 4 heteroatoms. The van der Waals surface area contributed by atoms with E-state index in [-0.39, 0.29) is 11.9 Å². The zero-order valence-corrected chi connectivity index (χ0v) is 11.9. The Balaban J connectivity index is 2.36. The van der Waals surface area contributed by atoms with Crippen molar-refractivity contribution in [3.8, 4) is 12.3 Å². The van der Waals surface area contributed by atoms with Gasteiger partial charge in [0.25, 0.3) is 5.91 Å². The zero-order valence-electron chi connectivity index (χ0n) is 11.2. The van der Waals surface area contributed by atoms with Gasteiger partial charge in [-0.2, -0.15) is 0 Å². The Kier molecular flexibility index (Phi) is 4.60. The largest absolute Gasteiger partial charge is 0.348 e. The molecule has 1 amide bonds. The van der Waals surface area contributed by atoms with Crippen molar-refractivity contribution >= 4 is 28.3 Å². The lowest BCUT2D eigenvalue weighted by atomic mass is 10.1. The van der Waals surface area contributed by atoms with E-state index in [4.69, 9.17) is 18.0 Å². The third-order valence-electron chi connectivity index (χ3n) is 3.18. The molecule has 1 heterocycles. The number of amides is 1. The summed E-state index contributed by atoms with van der Waals surface area (Å²) in [4.78, 5) is 16.4. The van der Waals surface area contributed by atoms with Crippen LogP contribution in [0.5, 0.6) is 0 Å². The van der Waals surface area contributed by atoms with Gasteiger partial charge in [0, 0.05) is 24.0 Å². The first-order valence-corrected chi connectivity index (χ1v) is 6.82. The normalized spacial score (nSPS) is 11.8. The summed E-state index contributed by atoms with van der Waals surface area (Å²) >= 11 is 6.05. The predicted octanol–water partition coefficient (Wildman–Crippen LogP) is 3.42. The Bertz CT molecular complexity index is 676. The molecular formula is C16H15ClN2O. The molecule has 20 heavy (non-hydrogen) atoms. The Hall–Kier alpha value is -2.05. The van der Waals surface area contributed by atoms with Crippen molar-refractivity contribution in [2.75, 3.05) is 0 Å². The number of carbonyl (C=O) groups is 1. The number of benzene rings is 1. The summed E-state index contributed by atoms with van der Waals surface area (Å²) in [6, 6.07) is 7.42. The Morgan fingerprint density at radius 2 is 2.15 bits per heavy atom. The summed E-state index contributed by atoms with van der Waals surface area (Å²) in [5.74, 6) is 2.40. The maximum absolute atomic E-state index is 12.4. The number of carbonyl (C=O) groups excluding carboxylic acids is 1. The molecule has 2 aromatic rings. The smallest absolute Gasteiger partial charge is 0.253 e. The van der Waals surface area contributed by atoms with Crippen LogP contribution < -0.4 is 5.32 Å². The van der Waals surface area contributed by atoms with Crippen LogP contribution in [0.1, 0.15) is 30.1 Å². The van der Waals surface area contributed by atoms with E-state index in [1.807, 2.05) is 31.2 Å². The van der Waals surface area contributed by atoms with Crippen LogP contribution in [-0.2, 0) is 0 Å². The Morgan fingerprint density at radius 1 is 1.45 bits per heavy atom. The molecule has 0 saturated carbocycles. The number of hydrogen-bond acceptors (Lipinski definition) is 2. The highest BCUT2D eigenvalue weighted by Crippen LogP contribution is 2.24. The van der Waals surface area contributed by atoms with E-state index >= 15 is 0 Å². The minimum Gasteiger partial charge on any atom is -0.348 e. The number of aromatic nitrogens is 1. The number of pyridine rings is 1. The number of rotatable bonds is 4. The number of nitrogens with zero attached hydrogens (tertiary/aromatic N) is 1. The van der Waals surface area contributed by atoms with Crippen LogP contribution in [0.3, 0.4) is 0 Å². The zero-order chi connectivity index (χ0) is 14.5. The molecule has 2 rings (SSSR count). The molecule has 1 aromatic heterocycles. The predicted molar refractivity (Wildman–Crippen MR) is 81.7 cm³/mol. The summed E-state index contributed by atoms with van der Waals surface area (Å²) in [7, 11) is 0. The summed E-state index contributed by atoms with van der Waals surface area (Å²) < 4.78 is 0. The molecule has 1 N–H and O–H groups in total. The average molecular weight is 287 g/mol. The molecule has 0 aliphatic rings. The van der Waals surface area contributed by atoms with Crippen molar-refractivity contribution in [1.82, 2.24) is 10.3 Å². The quantitative estimate of drug-likeness (QED) is 0.691. The molecule has 0 bridgehead atoms. The number of nitrogens with one attached hydrogen (secondary N) is 1. The van der Waals surface area contributed by atoms with Crippen molar-refractivity contribution in [3.05, 3.63) is 41.2 Å². The molecule has 0 radical (unpaired) electrons. The molecular weight excluding hydrogens is 272 g/mol. The summed E-state index contributed by atoms with van der Waals surface area (Å²) in [6.07, 6.45) is 8.10. The summed E-state index contributed by atoms with van der Waals surface area (Å²) in [5, 5.41) is 4.89. The van der Waals surface area contributed by atoms with Gasteiger partial charge >= 0.3 is 0 Å². The first-order chi connectivity index (χ1) is 9.67. The molecule has 1 aromatic carbocycles. The van der Waals surface area contributed by atoms with Gasteiger partial charge in [-0.1, -0.05) is 42.8 Å². The van der Waals surface area contributed by atoms with Crippen molar-refractivity contribution in [2.24, 2.45) is 0 Å². The molecule has 1 unspecified atom stereocenters. The molecule has 0 spiro atoms. The van der Waals surface area contributed by atoms with Gasteiger partial charge in [-0.25, -0.2) is 4.98 Å². The highest BCUT2D eigenvalue weighted by atomic mass is 35.5. The number of halogens is 1. The third kappa shape index (κ3) is 2.92. The third-order valence-corrected chi connectivity index (χ3v) is 3.48. The first-order valence-electron chi connectivity index (χ1n) is 6.45. The summed E-state index contributed by atoms with van der Waals surface area (Å²) in [5.41, 5.74) is 0.514. The Morgan fingerprint density at radius 3 is 2.80 bits per heavy atom. The molecule has 0 aliphatic heterocycles. The van der Waals surface area contributed by atoms with Gasteiger partial charge in [-0.3, -0.25) is 4.79 Å². The lowest BCUT2D eigenvalue weighted by Crippen LogP contribution is -2.34. The fourth-order valence-electron chi connectivity index (χ4n) is 2.04. The molecule has 0 saturated heterocycles. The number of fused-ring (bicyclic) bond motifs is 1. The van der Waals surface area contributed by atoms with Crippen molar-refractivity contribution in [3.63, 3.8) is 0 Å². The molecule has 1 atom stereocenters. The minimum absolute atomic E-state index is 0.0260. The highest BCUT2D eigenvalue weighted by molar-refractivity contribution is 6.34. The molecule has 3 nitrogen and oxygen atoms in total. The first kappa shape index (κ1) is 14.4. The second-order valence-electron chi connectivity index (χ2n) is 4.50. The van der Waals surface area contributed by atoms with E-state index in [9.17, 15) is 4.79 Å². The van der Waals surface area contributed by atoms with Gasteiger partial charge in [0.05, 0.1) is 5.56 Å². The SMILES string of the molecule is C#CCC(CC)NC(=O)c1cnc(Cl)c2ccccc12. The monoisotopic (exact) mass is 286 g/mol. The number of hydrogen-bond donors (Lipinski definition) is 1. The maximum Gasteiger partial charge on any atom is 0.253 e. The maximum atomic E-state index is 12.4. The van der Waals surface area contributed by atoms with Crippen LogP contribution in [0.4, 0.5) is 0 Å². The van der Waals surface area contributed by atoms with Crippen molar-refractivity contribution in [2.45, 2.75) is 25.8 Å². The van der Waals surface area contributed by atoms with Crippen LogP contribution in [0, 0.1) is 12.3 Å². The van der Waals surface area contributed by atoms with Gasteiger partial charge in [-0.05, 0) is 11.8 Å². The molecule has 0 aliphatic carbocycles. The van der Waals surface area contributed by atoms with E-state index in [1.165, 1.54) is 6.20 Å². The minimum atomic E-state index is -0.174. The van der Waals surface area contributed by atoms with E-state index in [1.54, 1.807) is 0 Å². The van der Waals surface area contributed by atoms with Crippen LogP contribution >= 0.6 is 11.6 Å². The van der Waals surface area contributed by atoms with E-state index in [0.717, 1.165) is 17.2 Å². The van der Waals surface area contributed by atoms with Gasteiger partial charge < -0.3 is 5.32 Å². The van der Waals surface area contributed by atoms with E-state index in [2.05, 4.69) is 16.2 Å². The van der Waals surface area contributed by atoms with Crippen molar-refractivity contribution in [1.29, 1.82) is 0 Å². The van der Waals surface area contributed by atoms with E-state index < -0.39 is 0 Å². The lowest BCUT2D eigenvalue weighted by Gasteiger charge is -2.15. The summed E-state index contributed by atoms with van der Waals surface area (Å²) in [6.45, 7) is 1.99. The standard InChI is InChI=1S/C16H15ClN2O/c1-3-7-11(4-2)19-16(20)14-10-18-15(17)13-9-6-5-8-12(13)14/h1,5-6,8-11H,4,7H2,2H3,(H,19,20). The highest BCUT2D eigenvalue weighted by Gasteiger charge is 2.15. The fraction of sp³-hybridized carbons (Fsp3) is 0.250. The van der Waals surface area contributed by atoms with Crippen molar-refractivity contribution < 1.29 is 4.79 Å². The fourth-order valence-corrected chi connectivity index (χ4v) is 2.26. The topological polar surface area (TPSA) is 42.0 Å². The van der Waals surface area contributed by atoms with Gasteiger partial charge in [0.1, 0.15) is 5.15 Å². The van der Waals surface area contributed by atoms with Gasteiger partial charge in [0.2, 0.25) is 0 Å².